The zero-order valence-corrected chi connectivity index (χ0v) is 23.7. The zero-order chi connectivity index (χ0) is 21.6. The van der Waals surface area contributed by atoms with E-state index in [-0.39, 0.29) is 40.2 Å². The number of hydrogen-bond acceptors (Lipinski definition) is 3. The number of para-hydroxylation sites is 1. The van der Waals surface area contributed by atoms with Gasteiger partial charge in [0.1, 0.15) is 0 Å². The van der Waals surface area contributed by atoms with Crippen LogP contribution in [-0.4, -0.2) is 9.97 Å². The molecule has 0 saturated heterocycles. The van der Waals surface area contributed by atoms with E-state index in [1.165, 1.54) is 21.0 Å². The van der Waals surface area contributed by atoms with E-state index < -0.39 is 0 Å². The SMILES string of the molecule is [Ir].[Ir].[c-]1cc2ccccc2cc1-c1nc2ccccc2s1.[c-]1ccccc1Cc1ccccn1. The molecule has 0 amide bonds. The van der Waals surface area contributed by atoms with Crippen molar-refractivity contribution in [2.24, 2.45) is 0 Å². The van der Waals surface area contributed by atoms with Crippen LogP contribution in [0.1, 0.15) is 11.3 Å². The van der Waals surface area contributed by atoms with E-state index in [1.54, 1.807) is 11.3 Å². The average molecular weight is 813 g/mol. The van der Waals surface area contributed by atoms with Crippen molar-refractivity contribution >= 4 is 32.3 Å². The van der Waals surface area contributed by atoms with Crippen LogP contribution in [0.25, 0.3) is 31.6 Å². The Balaban J connectivity index is 0.000000192. The normalized spacial score (nSPS) is 10.0. The molecule has 5 heteroatoms. The fraction of sp³-hybridized carbons (Fsp3) is 0.0345. The number of rotatable bonds is 3. The van der Waals surface area contributed by atoms with Crippen molar-refractivity contribution in [3.8, 4) is 10.6 Å². The van der Waals surface area contributed by atoms with Crippen LogP contribution in [0, 0.1) is 12.1 Å². The van der Waals surface area contributed by atoms with Crippen LogP contribution in [-0.2, 0) is 46.6 Å². The molecular formula is C29H20Ir2N2S-2. The molecule has 0 saturated carbocycles. The Labute approximate surface area is 230 Å². The minimum atomic E-state index is 0. The second-order valence-electron chi connectivity index (χ2n) is 7.35. The maximum absolute atomic E-state index is 4.68. The molecule has 6 aromatic rings. The summed E-state index contributed by atoms with van der Waals surface area (Å²) in [6.07, 6.45) is 2.68. The zero-order valence-electron chi connectivity index (χ0n) is 18.1. The van der Waals surface area contributed by atoms with Gasteiger partial charge in [0.15, 0.2) is 0 Å². The Hall–Kier alpha value is -2.52. The van der Waals surface area contributed by atoms with Gasteiger partial charge in [-0.2, -0.15) is 47.2 Å². The summed E-state index contributed by atoms with van der Waals surface area (Å²) in [5.41, 5.74) is 4.40. The summed E-state index contributed by atoms with van der Waals surface area (Å²) in [7, 11) is 0. The Kier molecular flexibility index (Phi) is 9.83. The smallest absolute Gasteiger partial charge is 0.0697 e. The predicted molar refractivity (Wildman–Crippen MR) is 134 cm³/mol. The van der Waals surface area contributed by atoms with Crippen LogP contribution < -0.4 is 0 Å². The number of fused-ring (bicyclic) bond motifs is 2. The van der Waals surface area contributed by atoms with Gasteiger partial charge < -0.3 is 0 Å². The number of aromatic nitrogens is 2. The van der Waals surface area contributed by atoms with Crippen LogP contribution in [0.5, 0.6) is 0 Å². The molecule has 2 heterocycles. The average Bonchev–Trinajstić information content (AvgIpc) is 3.30. The Bertz CT molecular complexity index is 1380. The van der Waals surface area contributed by atoms with Gasteiger partial charge in [-0.05, 0) is 30.7 Å². The molecule has 0 fully saturated rings. The molecule has 172 valence electrons. The van der Waals surface area contributed by atoms with E-state index >= 15 is 0 Å². The van der Waals surface area contributed by atoms with E-state index in [9.17, 15) is 0 Å². The first-order valence-corrected chi connectivity index (χ1v) is 11.3. The summed E-state index contributed by atoms with van der Waals surface area (Å²) in [6.45, 7) is 0. The first-order chi connectivity index (χ1) is 15.8. The first kappa shape index (κ1) is 26.1. The summed E-state index contributed by atoms with van der Waals surface area (Å²) in [4.78, 5) is 8.93. The number of benzene rings is 4. The molecule has 6 rings (SSSR count). The number of thiazole rings is 1. The van der Waals surface area contributed by atoms with Crippen LogP contribution in [0.15, 0.2) is 109 Å². The summed E-state index contributed by atoms with van der Waals surface area (Å²) in [5, 5.41) is 3.48. The Morgan fingerprint density at radius 2 is 1.50 bits per heavy atom. The fourth-order valence-electron chi connectivity index (χ4n) is 3.48. The molecule has 2 radical (unpaired) electrons. The number of pyridine rings is 1. The van der Waals surface area contributed by atoms with E-state index in [4.69, 9.17) is 0 Å². The summed E-state index contributed by atoms with van der Waals surface area (Å²) in [6, 6.07) is 41.2. The maximum Gasteiger partial charge on any atom is 0.0697 e. The minimum absolute atomic E-state index is 0. The van der Waals surface area contributed by atoms with Gasteiger partial charge in [0.05, 0.1) is 5.52 Å². The van der Waals surface area contributed by atoms with Crippen LogP contribution in [0.2, 0.25) is 0 Å². The van der Waals surface area contributed by atoms with Gasteiger partial charge in [0.25, 0.3) is 0 Å². The third-order valence-corrected chi connectivity index (χ3v) is 6.14. The van der Waals surface area contributed by atoms with Crippen molar-refractivity contribution in [3.63, 3.8) is 0 Å². The van der Waals surface area contributed by atoms with Crippen LogP contribution in [0.3, 0.4) is 0 Å². The van der Waals surface area contributed by atoms with E-state index in [0.29, 0.717) is 0 Å². The third kappa shape index (κ3) is 6.54. The van der Waals surface area contributed by atoms with Crippen molar-refractivity contribution in [1.82, 2.24) is 9.97 Å². The third-order valence-electron chi connectivity index (χ3n) is 5.07. The predicted octanol–water partition coefficient (Wildman–Crippen LogP) is 7.38. The van der Waals surface area contributed by atoms with E-state index in [2.05, 4.69) is 64.6 Å². The second-order valence-corrected chi connectivity index (χ2v) is 8.38. The van der Waals surface area contributed by atoms with Crippen molar-refractivity contribution in [2.75, 3.05) is 0 Å². The molecule has 0 aliphatic heterocycles. The summed E-state index contributed by atoms with van der Waals surface area (Å²) < 4.78 is 1.22. The molecule has 0 aliphatic rings. The quantitative estimate of drug-likeness (QED) is 0.175. The second kappa shape index (κ2) is 12.8. The maximum atomic E-state index is 4.68. The van der Waals surface area contributed by atoms with Gasteiger partial charge in [-0.15, -0.1) is 29.1 Å². The summed E-state index contributed by atoms with van der Waals surface area (Å²) >= 11 is 1.72. The molecule has 2 aromatic heterocycles. The van der Waals surface area contributed by atoms with Crippen molar-refractivity contribution in [1.29, 1.82) is 0 Å². The van der Waals surface area contributed by atoms with E-state index in [1.807, 2.05) is 66.9 Å². The molecule has 0 bridgehead atoms. The molecule has 0 atom stereocenters. The first-order valence-electron chi connectivity index (χ1n) is 10.5. The van der Waals surface area contributed by atoms with Gasteiger partial charge in [0, 0.05) is 61.8 Å². The molecular weight excluding hydrogens is 793 g/mol. The van der Waals surface area contributed by atoms with Gasteiger partial charge in [0.2, 0.25) is 0 Å². The molecule has 0 unspecified atom stereocenters. The number of hydrogen-bond donors (Lipinski definition) is 0. The Morgan fingerprint density at radius 3 is 2.26 bits per heavy atom. The number of nitrogens with zero attached hydrogens (tertiary/aromatic N) is 2. The van der Waals surface area contributed by atoms with Crippen molar-refractivity contribution in [2.45, 2.75) is 6.42 Å². The van der Waals surface area contributed by atoms with Gasteiger partial charge in [-0.25, -0.2) is 0 Å². The minimum Gasteiger partial charge on any atom is -0.285 e. The van der Waals surface area contributed by atoms with Gasteiger partial charge in [-0.1, -0.05) is 47.9 Å². The summed E-state index contributed by atoms with van der Waals surface area (Å²) in [5.74, 6) is 0. The standard InChI is InChI=1S/C17H10NS.C12H10N.2Ir/c1-2-6-13-11-14(10-9-12(13)5-1)17-18-15-7-3-4-8-16(15)19-17;1-2-6-11(7-3-1)10-12-8-4-5-9-13-12;;/h1-9,11H;1-6,8-9H,10H2;;/q2*-1;;. The molecule has 4 aromatic carbocycles. The fourth-order valence-corrected chi connectivity index (χ4v) is 4.42. The van der Waals surface area contributed by atoms with Gasteiger partial charge >= 0.3 is 0 Å². The molecule has 0 N–H and O–H groups in total. The monoisotopic (exact) mass is 814 g/mol. The largest absolute Gasteiger partial charge is 0.285 e. The molecule has 0 spiro atoms. The van der Waals surface area contributed by atoms with Crippen molar-refractivity contribution < 1.29 is 40.2 Å². The molecule has 2 nitrogen and oxygen atoms in total. The van der Waals surface area contributed by atoms with Gasteiger partial charge in [-0.3, -0.25) is 9.97 Å². The molecule has 34 heavy (non-hydrogen) atoms. The Morgan fingerprint density at radius 1 is 0.735 bits per heavy atom. The van der Waals surface area contributed by atoms with Crippen LogP contribution in [0.4, 0.5) is 0 Å². The van der Waals surface area contributed by atoms with Crippen LogP contribution >= 0.6 is 11.3 Å². The molecule has 0 aliphatic carbocycles. The van der Waals surface area contributed by atoms with Crippen molar-refractivity contribution in [3.05, 3.63) is 133 Å². The van der Waals surface area contributed by atoms with E-state index in [0.717, 1.165) is 28.2 Å². The topological polar surface area (TPSA) is 25.8 Å².